The van der Waals surface area contributed by atoms with Gasteiger partial charge in [0.2, 0.25) is 5.85 Å². The second-order valence-corrected chi connectivity index (χ2v) is 15.8. The van der Waals surface area contributed by atoms with E-state index in [-0.39, 0.29) is 37.7 Å². The largest absolute Gasteiger partial charge is 0.346 e. The first-order chi connectivity index (χ1) is 23.4. The molecule has 0 spiro atoms. The van der Waals surface area contributed by atoms with E-state index >= 15 is 0 Å². The predicted octanol–water partition coefficient (Wildman–Crippen LogP) is 5.66. The van der Waals surface area contributed by atoms with Crippen LogP contribution in [-0.4, -0.2) is 50.1 Å². The van der Waals surface area contributed by atoms with E-state index in [2.05, 4.69) is 47.5 Å². The summed E-state index contributed by atoms with van der Waals surface area (Å²) < 4.78 is 16.7. The zero-order valence-electron chi connectivity index (χ0n) is 28.8. The SMILES string of the molecule is Cc1cn([C@@]2(N)C[C@H](C(c3ccccc3)(c3ccccc3)c3ccccc3)[C@@H](CO[P+](O)(CCC#N)N(C(C)C)C(C)C)O2)c(=O)[nH]c1=O. The van der Waals surface area contributed by atoms with E-state index in [0.29, 0.717) is 5.56 Å². The third-order valence-electron chi connectivity index (χ3n) is 9.47. The Kier molecular flexibility index (Phi) is 11.0. The lowest BCUT2D eigenvalue weighted by Crippen LogP contribution is -2.51. The van der Waals surface area contributed by atoms with Gasteiger partial charge in [0.1, 0.15) is 12.8 Å². The number of rotatable bonds is 13. The number of nitriles is 1. The monoisotopic (exact) mass is 684 g/mol. The lowest BCUT2D eigenvalue weighted by Gasteiger charge is -2.43. The first kappa shape index (κ1) is 36.3. The molecule has 258 valence electrons. The molecule has 1 fully saturated rings. The van der Waals surface area contributed by atoms with Crippen LogP contribution in [0.2, 0.25) is 0 Å². The van der Waals surface area contributed by atoms with Crippen molar-refractivity contribution in [3.8, 4) is 6.07 Å². The zero-order chi connectivity index (χ0) is 35.4. The van der Waals surface area contributed by atoms with Crippen LogP contribution in [0.4, 0.5) is 0 Å². The van der Waals surface area contributed by atoms with Crippen LogP contribution in [0.1, 0.15) is 62.8 Å². The highest BCUT2D eigenvalue weighted by molar-refractivity contribution is 7.63. The molecule has 49 heavy (non-hydrogen) atoms. The normalized spacial score (nSPS) is 20.8. The van der Waals surface area contributed by atoms with Gasteiger partial charge in [-0.2, -0.15) is 9.79 Å². The lowest BCUT2D eigenvalue weighted by molar-refractivity contribution is -0.112. The number of aromatic amines is 1. The van der Waals surface area contributed by atoms with E-state index in [1.54, 1.807) is 6.92 Å². The number of nitrogens with zero attached hydrogens (tertiary/aromatic N) is 3. The van der Waals surface area contributed by atoms with Crippen molar-refractivity contribution in [1.29, 1.82) is 5.26 Å². The number of nitrogens with two attached hydrogens (primary N) is 1. The predicted molar refractivity (Wildman–Crippen MR) is 193 cm³/mol. The van der Waals surface area contributed by atoms with Gasteiger partial charge in [0.25, 0.3) is 5.56 Å². The molecular formula is C38H47N5O5P+. The van der Waals surface area contributed by atoms with Crippen LogP contribution >= 0.6 is 7.87 Å². The standard InChI is InChI=1S/C38H46N5O5P/c1-27(2)43(28(3)4)49(46,23-15-22-39)47-26-34-33(24-37(40,48-34)42-25-29(5)35(44)41-36(42)45)38(30-16-9-6-10-17-30,31-18-11-7-12-19-31)32-20-13-8-14-21-32/h6-14,16-21,25,27-28,33-34,46H,15,23-24,26,40H2,1-5H3/p+1/t33-,34+,37-,49?/m0/s1. The minimum absolute atomic E-state index is 0.0642. The average molecular weight is 685 g/mol. The number of aryl methyl sites for hydroxylation is 1. The van der Waals surface area contributed by atoms with Crippen LogP contribution in [0, 0.1) is 24.2 Å². The van der Waals surface area contributed by atoms with Gasteiger partial charge in [0, 0.05) is 36.2 Å². The molecule has 2 heterocycles. The van der Waals surface area contributed by atoms with Crippen molar-refractivity contribution in [1.82, 2.24) is 14.2 Å². The van der Waals surface area contributed by atoms with Crippen LogP contribution in [0.15, 0.2) is 107 Å². The fourth-order valence-corrected chi connectivity index (χ4v) is 10.3. The molecule has 0 saturated carbocycles. The van der Waals surface area contributed by atoms with E-state index in [0.717, 1.165) is 16.7 Å². The molecule has 4 aromatic rings. The Balaban J connectivity index is 1.75. The Hall–Kier alpha value is -3.94. The Bertz CT molecular complexity index is 1760. The number of aromatic nitrogens is 2. The number of hydrogen-bond donors (Lipinski definition) is 3. The van der Waals surface area contributed by atoms with Gasteiger partial charge in [0.05, 0.1) is 24.0 Å². The van der Waals surface area contributed by atoms with Gasteiger partial charge in [-0.15, -0.1) is 4.67 Å². The molecule has 0 radical (unpaired) electrons. The van der Waals surface area contributed by atoms with Crippen molar-refractivity contribution in [2.75, 3.05) is 12.8 Å². The van der Waals surface area contributed by atoms with Gasteiger partial charge in [-0.1, -0.05) is 91.0 Å². The van der Waals surface area contributed by atoms with Crippen molar-refractivity contribution in [2.24, 2.45) is 11.7 Å². The topological polar surface area (TPSA) is 147 Å². The summed E-state index contributed by atoms with van der Waals surface area (Å²) in [5, 5.41) is 9.54. The minimum Gasteiger partial charge on any atom is -0.336 e. The molecule has 11 heteroatoms. The van der Waals surface area contributed by atoms with Crippen LogP contribution in [-0.2, 0) is 20.5 Å². The third-order valence-corrected chi connectivity index (χ3v) is 12.5. The summed E-state index contributed by atoms with van der Waals surface area (Å²) in [4.78, 5) is 40.4. The fourth-order valence-electron chi connectivity index (χ4n) is 7.62. The summed E-state index contributed by atoms with van der Waals surface area (Å²) in [6, 6.07) is 32.4. The molecule has 4 N–H and O–H groups in total. The minimum atomic E-state index is -3.32. The first-order valence-corrected chi connectivity index (χ1v) is 18.5. The lowest BCUT2D eigenvalue weighted by atomic mass is 9.59. The molecule has 1 aliphatic rings. The molecule has 4 atom stereocenters. The maximum atomic E-state index is 13.4. The highest BCUT2D eigenvalue weighted by atomic mass is 31.2. The average Bonchev–Trinajstić information content (AvgIpc) is 3.43. The highest BCUT2D eigenvalue weighted by Crippen LogP contribution is 2.62. The van der Waals surface area contributed by atoms with Crippen LogP contribution in [0.3, 0.4) is 0 Å². The molecule has 1 aliphatic heterocycles. The van der Waals surface area contributed by atoms with E-state index in [9.17, 15) is 19.7 Å². The van der Waals surface area contributed by atoms with E-state index in [1.165, 1.54) is 10.8 Å². The van der Waals surface area contributed by atoms with Crippen molar-refractivity contribution in [3.05, 3.63) is 140 Å². The summed E-state index contributed by atoms with van der Waals surface area (Å²) in [7, 11) is -3.32. The summed E-state index contributed by atoms with van der Waals surface area (Å²) in [5.74, 6) is -2.15. The summed E-state index contributed by atoms with van der Waals surface area (Å²) >= 11 is 0. The molecule has 3 aromatic carbocycles. The van der Waals surface area contributed by atoms with Crippen molar-refractivity contribution in [3.63, 3.8) is 0 Å². The van der Waals surface area contributed by atoms with E-state index < -0.39 is 42.4 Å². The fraction of sp³-hybridized carbons (Fsp3) is 0.395. The molecule has 0 aliphatic carbocycles. The maximum absolute atomic E-state index is 13.4. The van der Waals surface area contributed by atoms with E-state index in [1.807, 2.05) is 87.0 Å². The van der Waals surface area contributed by atoms with Crippen LogP contribution in [0.25, 0.3) is 0 Å². The molecule has 1 aromatic heterocycles. The molecule has 1 saturated heterocycles. The Labute approximate surface area is 288 Å². The summed E-state index contributed by atoms with van der Waals surface area (Å²) in [5.41, 5.74) is 8.37. The van der Waals surface area contributed by atoms with Gasteiger partial charge in [0.15, 0.2) is 0 Å². The third kappa shape index (κ3) is 7.06. The zero-order valence-corrected chi connectivity index (χ0v) is 29.7. The smallest absolute Gasteiger partial charge is 0.336 e. The Morgan fingerprint density at radius 3 is 1.94 bits per heavy atom. The highest BCUT2D eigenvalue weighted by Gasteiger charge is 2.58. The van der Waals surface area contributed by atoms with Crippen LogP contribution < -0.4 is 17.0 Å². The quantitative estimate of drug-likeness (QED) is 0.121. The molecule has 1 unspecified atom stereocenters. The van der Waals surface area contributed by atoms with Crippen molar-refractivity contribution < 1.29 is 14.2 Å². The summed E-state index contributed by atoms with van der Waals surface area (Å²) in [6.07, 6.45) is 1.10. The molecule has 0 bridgehead atoms. The second-order valence-electron chi connectivity index (χ2n) is 13.3. The van der Waals surface area contributed by atoms with Gasteiger partial charge < -0.3 is 4.74 Å². The molecule has 0 amide bonds. The van der Waals surface area contributed by atoms with Crippen LogP contribution in [0.5, 0.6) is 0 Å². The molecule has 5 rings (SSSR count). The maximum Gasteiger partial charge on any atom is 0.346 e. The second kappa shape index (κ2) is 14.9. The molecular weight excluding hydrogens is 637 g/mol. The first-order valence-electron chi connectivity index (χ1n) is 16.7. The number of ether oxygens (including phenoxy) is 1. The van der Waals surface area contributed by atoms with Crippen molar-refractivity contribution in [2.45, 2.75) is 76.9 Å². The van der Waals surface area contributed by atoms with Crippen molar-refractivity contribution >= 4 is 7.87 Å². The van der Waals surface area contributed by atoms with Gasteiger partial charge in [-0.05, 0) is 51.3 Å². The number of benzene rings is 3. The number of nitrogens with one attached hydrogen (secondary N) is 1. The number of hydrogen-bond acceptors (Lipinski definition) is 8. The number of H-pyrrole nitrogens is 1. The van der Waals surface area contributed by atoms with Gasteiger partial charge in [-0.3, -0.25) is 20.1 Å². The summed E-state index contributed by atoms with van der Waals surface area (Å²) in [6.45, 7) is 9.53. The van der Waals surface area contributed by atoms with Gasteiger partial charge >= 0.3 is 13.6 Å². The van der Waals surface area contributed by atoms with E-state index in [4.69, 9.17) is 15.0 Å². The van der Waals surface area contributed by atoms with Gasteiger partial charge in [-0.25, -0.2) is 9.69 Å². The molecule has 10 nitrogen and oxygen atoms in total. The Morgan fingerprint density at radius 1 is 1.00 bits per heavy atom. The Morgan fingerprint density at radius 2 is 1.49 bits per heavy atom.